The van der Waals surface area contributed by atoms with Gasteiger partial charge in [-0.3, -0.25) is 0 Å². The zero-order valence-corrected chi connectivity index (χ0v) is 10.8. The summed E-state index contributed by atoms with van der Waals surface area (Å²) in [5, 5.41) is 19.1. The van der Waals surface area contributed by atoms with Crippen molar-refractivity contribution in [2.45, 2.75) is 26.7 Å². The highest BCUT2D eigenvalue weighted by atomic mass is 16.3. The Balaban J connectivity index is 2.56. The van der Waals surface area contributed by atoms with Gasteiger partial charge in [0, 0.05) is 0 Å². The highest BCUT2D eigenvalue weighted by molar-refractivity contribution is 5.70. The lowest BCUT2D eigenvalue weighted by Gasteiger charge is -2.13. The quantitative estimate of drug-likeness (QED) is 0.853. The third kappa shape index (κ3) is 2.33. The molecule has 0 aromatic heterocycles. The Morgan fingerprint density at radius 3 is 2.22 bits per heavy atom. The van der Waals surface area contributed by atoms with Crippen LogP contribution >= 0.6 is 0 Å². The molecule has 94 valence electrons. The van der Waals surface area contributed by atoms with Gasteiger partial charge in [-0.25, -0.2) is 0 Å². The fourth-order valence-corrected chi connectivity index (χ4v) is 2.23. The van der Waals surface area contributed by atoms with E-state index in [0.717, 1.165) is 29.5 Å². The number of aromatic hydroxyl groups is 2. The molecule has 2 aromatic carbocycles. The minimum atomic E-state index is 0.270. The molecule has 0 aliphatic heterocycles. The Kier molecular flexibility index (Phi) is 3.56. The molecule has 0 saturated heterocycles. The van der Waals surface area contributed by atoms with Gasteiger partial charge >= 0.3 is 0 Å². The van der Waals surface area contributed by atoms with Gasteiger partial charge in [-0.1, -0.05) is 31.5 Å². The van der Waals surface area contributed by atoms with Gasteiger partial charge in [0.25, 0.3) is 0 Å². The molecule has 0 atom stereocenters. The summed E-state index contributed by atoms with van der Waals surface area (Å²) in [6, 6.07) is 10.9. The maximum Gasteiger partial charge on any atom is 0.118 e. The average molecular weight is 242 g/mol. The van der Waals surface area contributed by atoms with Crippen molar-refractivity contribution in [2.75, 3.05) is 0 Å². The van der Waals surface area contributed by atoms with Gasteiger partial charge in [-0.15, -0.1) is 0 Å². The second-order valence-corrected chi connectivity index (χ2v) is 4.53. The van der Waals surface area contributed by atoms with Crippen LogP contribution in [-0.2, 0) is 6.42 Å². The molecule has 0 amide bonds. The number of benzene rings is 2. The minimum Gasteiger partial charge on any atom is -0.508 e. The van der Waals surface area contributed by atoms with Crippen LogP contribution in [0, 0.1) is 6.92 Å². The highest BCUT2D eigenvalue weighted by Crippen LogP contribution is 2.32. The normalized spacial score (nSPS) is 10.6. The predicted octanol–water partition coefficient (Wildman–Crippen LogP) is 4.03. The van der Waals surface area contributed by atoms with Crippen LogP contribution in [0.3, 0.4) is 0 Å². The van der Waals surface area contributed by atoms with Crippen LogP contribution in [0.5, 0.6) is 11.5 Å². The molecule has 2 nitrogen and oxygen atoms in total. The molecule has 2 heteroatoms. The second kappa shape index (κ2) is 5.13. The number of phenolic OH excluding ortho intramolecular Hbond substituents is 2. The van der Waals surface area contributed by atoms with Crippen molar-refractivity contribution >= 4 is 0 Å². The SMILES string of the molecule is CCCc1c(-c2ccc(O)cc2)ccc(O)c1C. The van der Waals surface area contributed by atoms with Crippen molar-refractivity contribution in [2.24, 2.45) is 0 Å². The van der Waals surface area contributed by atoms with Crippen LogP contribution in [-0.4, -0.2) is 10.2 Å². The van der Waals surface area contributed by atoms with E-state index in [2.05, 4.69) is 6.92 Å². The summed E-state index contributed by atoms with van der Waals surface area (Å²) < 4.78 is 0. The molecule has 2 rings (SSSR count). The van der Waals surface area contributed by atoms with Crippen molar-refractivity contribution in [3.05, 3.63) is 47.5 Å². The van der Waals surface area contributed by atoms with Gasteiger partial charge < -0.3 is 10.2 Å². The van der Waals surface area contributed by atoms with E-state index in [-0.39, 0.29) is 5.75 Å². The summed E-state index contributed by atoms with van der Waals surface area (Å²) in [7, 11) is 0. The van der Waals surface area contributed by atoms with Crippen LogP contribution < -0.4 is 0 Å². The minimum absolute atomic E-state index is 0.270. The number of rotatable bonds is 3. The molecule has 18 heavy (non-hydrogen) atoms. The second-order valence-electron chi connectivity index (χ2n) is 4.53. The van der Waals surface area contributed by atoms with E-state index in [1.807, 2.05) is 25.1 Å². The van der Waals surface area contributed by atoms with Gasteiger partial charge in [-0.2, -0.15) is 0 Å². The fourth-order valence-electron chi connectivity index (χ4n) is 2.23. The molecule has 0 heterocycles. The summed E-state index contributed by atoms with van der Waals surface area (Å²) in [6.45, 7) is 4.08. The number of hydrogen-bond donors (Lipinski definition) is 2. The smallest absolute Gasteiger partial charge is 0.118 e. The first kappa shape index (κ1) is 12.5. The van der Waals surface area contributed by atoms with Crippen molar-refractivity contribution in [3.8, 4) is 22.6 Å². The summed E-state index contributed by atoms with van der Waals surface area (Å²) in [5.41, 5.74) is 4.33. The Morgan fingerprint density at radius 2 is 1.61 bits per heavy atom. The molecule has 0 radical (unpaired) electrons. The topological polar surface area (TPSA) is 40.5 Å². The third-order valence-corrected chi connectivity index (χ3v) is 3.25. The Bertz CT molecular complexity index is 542. The molecule has 0 aliphatic carbocycles. The standard InChI is InChI=1S/C16H18O2/c1-3-4-14-11(2)16(18)10-9-15(14)12-5-7-13(17)8-6-12/h5-10,17-18H,3-4H2,1-2H3. The number of phenols is 2. The van der Waals surface area contributed by atoms with Gasteiger partial charge in [-0.05, 0) is 53.8 Å². The first-order valence-electron chi connectivity index (χ1n) is 6.24. The van der Waals surface area contributed by atoms with Crippen LogP contribution in [0.15, 0.2) is 36.4 Å². The average Bonchev–Trinajstić information content (AvgIpc) is 2.37. The Labute approximate surface area is 108 Å². The van der Waals surface area contributed by atoms with Gasteiger partial charge in [0.15, 0.2) is 0 Å². The van der Waals surface area contributed by atoms with Crippen molar-refractivity contribution in [3.63, 3.8) is 0 Å². The van der Waals surface area contributed by atoms with Crippen LogP contribution in [0.1, 0.15) is 24.5 Å². The fraction of sp³-hybridized carbons (Fsp3) is 0.250. The molecular weight excluding hydrogens is 224 g/mol. The predicted molar refractivity (Wildman–Crippen MR) is 73.9 cm³/mol. The van der Waals surface area contributed by atoms with E-state index in [4.69, 9.17) is 0 Å². The largest absolute Gasteiger partial charge is 0.508 e. The zero-order valence-electron chi connectivity index (χ0n) is 10.8. The molecular formula is C16H18O2. The van der Waals surface area contributed by atoms with E-state index in [0.29, 0.717) is 5.75 Å². The van der Waals surface area contributed by atoms with Gasteiger partial charge in [0.05, 0.1) is 0 Å². The first-order valence-corrected chi connectivity index (χ1v) is 6.24. The molecule has 0 spiro atoms. The van der Waals surface area contributed by atoms with Crippen LogP contribution in [0.4, 0.5) is 0 Å². The molecule has 2 aromatic rings. The monoisotopic (exact) mass is 242 g/mol. The van der Waals surface area contributed by atoms with E-state index in [1.54, 1.807) is 18.2 Å². The van der Waals surface area contributed by atoms with Crippen molar-refractivity contribution in [1.29, 1.82) is 0 Å². The van der Waals surface area contributed by atoms with Crippen molar-refractivity contribution < 1.29 is 10.2 Å². The maximum atomic E-state index is 9.80. The molecule has 0 bridgehead atoms. The number of hydrogen-bond acceptors (Lipinski definition) is 2. The summed E-state index contributed by atoms with van der Waals surface area (Å²) >= 11 is 0. The van der Waals surface area contributed by atoms with Crippen molar-refractivity contribution in [1.82, 2.24) is 0 Å². The lowest BCUT2D eigenvalue weighted by atomic mass is 9.92. The summed E-state index contributed by atoms with van der Waals surface area (Å²) in [6.07, 6.45) is 1.98. The Morgan fingerprint density at radius 1 is 0.944 bits per heavy atom. The zero-order chi connectivity index (χ0) is 13.1. The van der Waals surface area contributed by atoms with E-state index >= 15 is 0 Å². The molecule has 0 unspecified atom stereocenters. The third-order valence-electron chi connectivity index (χ3n) is 3.25. The molecule has 0 fully saturated rings. The Hall–Kier alpha value is -1.96. The van der Waals surface area contributed by atoms with Gasteiger partial charge in [0.2, 0.25) is 0 Å². The lowest BCUT2D eigenvalue weighted by molar-refractivity contribution is 0.470. The van der Waals surface area contributed by atoms with E-state index < -0.39 is 0 Å². The van der Waals surface area contributed by atoms with Crippen LogP contribution in [0.2, 0.25) is 0 Å². The maximum absolute atomic E-state index is 9.80. The summed E-state index contributed by atoms with van der Waals surface area (Å²) in [4.78, 5) is 0. The van der Waals surface area contributed by atoms with E-state index in [9.17, 15) is 10.2 Å². The molecule has 2 N–H and O–H groups in total. The highest BCUT2D eigenvalue weighted by Gasteiger charge is 2.10. The van der Waals surface area contributed by atoms with E-state index in [1.165, 1.54) is 5.56 Å². The lowest BCUT2D eigenvalue weighted by Crippen LogP contribution is -1.94. The summed E-state index contributed by atoms with van der Waals surface area (Å²) in [5.74, 6) is 0.618. The van der Waals surface area contributed by atoms with Crippen LogP contribution in [0.25, 0.3) is 11.1 Å². The molecule has 0 aliphatic rings. The molecule has 0 saturated carbocycles. The first-order chi connectivity index (χ1) is 8.63. The van der Waals surface area contributed by atoms with Gasteiger partial charge in [0.1, 0.15) is 11.5 Å².